The number of aliphatic hydroxyl groups is 1. The third-order valence-electron chi connectivity index (χ3n) is 7.04. The van der Waals surface area contributed by atoms with E-state index in [1.54, 1.807) is 31.5 Å². The number of hydrogen-bond acceptors (Lipinski definition) is 11. The summed E-state index contributed by atoms with van der Waals surface area (Å²) in [5.41, 5.74) is 3.01. The Kier molecular flexibility index (Phi) is 8.08. The minimum atomic E-state index is -3.63. The van der Waals surface area contributed by atoms with Crippen LogP contribution in [0.5, 0.6) is 17.2 Å². The third kappa shape index (κ3) is 6.10. The van der Waals surface area contributed by atoms with Gasteiger partial charge in [-0.3, -0.25) is 4.31 Å². The number of sulfonamides is 1. The molecule has 0 aliphatic carbocycles. The first-order valence-corrected chi connectivity index (χ1v) is 15.0. The van der Waals surface area contributed by atoms with E-state index >= 15 is 0 Å². The van der Waals surface area contributed by atoms with Gasteiger partial charge in [0.15, 0.2) is 11.5 Å². The summed E-state index contributed by atoms with van der Waals surface area (Å²) in [5, 5.41) is 16.4. The number of rotatable bonds is 9. The molecular weight excluding hydrogens is 548 g/mol. The second kappa shape index (κ2) is 11.7. The first kappa shape index (κ1) is 28.3. The topological polar surface area (TPSA) is 138 Å². The lowest BCUT2D eigenvalue weighted by molar-refractivity contribution is 0.145. The highest BCUT2D eigenvalue weighted by atomic mass is 32.2. The van der Waals surface area contributed by atoms with Gasteiger partial charge in [0, 0.05) is 37.6 Å². The molecule has 12 nitrogen and oxygen atoms in total. The average Bonchev–Trinajstić information content (AvgIpc) is 2.97. The Labute approximate surface area is 239 Å². The Bertz CT molecular complexity index is 1540. The van der Waals surface area contributed by atoms with Gasteiger partial charge < -0.3 is 34.9 Å². The molecule has 3 N–H and O–H groups in total. The molecule has 0 amide bonds. The van der Waals surface area contributed by atoms with Crippen molar-refractivity contribution in [3.8, 4) is 17.2 Å². The second-order valence-electron chi connectivity index (χ2n) is 9.77. The van der Waals surface area contributed by atoms with Crippen molar-refractivity contribution in [2.75, 3.05) is 66.6 Å². The maximum atomic E-state index is 12.5. The second-order valence-corrected chi connectivity index (χ2v) is 11.8. The Hall–Kier alpha value is -4.23. The van der Waals surface area contributed by atoms with E-state index in [9.17, 15) is 13.5 Å². The number of piperidine rings is 1. The van der Waals surface area contributed by atoms with Gasteiger partial charge in [-0.05, 0) is 43.2 Å². The number of benzene rings is 2. The summed E-state index contributed by atoms with van der Waals surface area (Å²) < 4.78 is 43.3. The summed E-state index contributed by atoms with van der Waals surface area (Å²) in [6.45, 7) is 6.05. The molecule has 1 aromatic heterocycles. The number of nitrogens with zero attached hydrogens (tertiary/aromatic N) is 4. The van der Waals surface area contributed by atoms with E-state index in [1.165, 1.54) is 7.05 Å². The molecule has 218 valence electrons. The van der Waals surface area contributed by atoms with Crippen LogP contribution in [0.2, 0.25) is 0 Å². The van der Waals surface area contributed by atoms with Crippen molar-refractivity contribution in [3.05, 3.63) is 48.7 Å². The van der Waals surface area contributed by atoms with Crippen molar-refractivity contribution in [3.63, 3.8) is 0 Å². The van der Waals surface area contributed by atoms with Crippen LogP contribution in [0.1, 0.15) is 18.4 Å². The molecule has 5 rings (SSSR count). The molecule has 0 saturated carbocycles. The van der Waals surface area contributed by atoms with Crippen molar-refractivity contribution in [1.82, 2.24) is 9.97 Å². The predicted molar refractivity (Wildman–Crippen MR) is 160 cm³/mol. The van der Waals surface area contributed by atoms with E-state index in [0.29, 0.717) is 71.7 Å². The number of nitrogens with one attached hydrogen (secondary N) is 2. The number of anilines is 6. The van der Waals surface area contributed by atoms with E-state index in [2.05, 4.69) is 32.1 Å². The van der Waals surface area contributed by atoms with Crippen molar-refractivity contribution in [2.45, 2.75) is 18.9 Å². The Balaban J connectivity index is 1.49. The highest BCUT2D eigenvalue weighted by Crippen LogP contribution is 2.46. The first-order valence-electron chi connectivity index (χ1n) is 13.2. The van der Waals surface area contributed by atoms with Crippen molar-refractivity contribution in [1.29, 1.82) is 0 Å². The fraction of sp³-hybridized carbons (Fsp3) is 0.357. The molecule has 2 aliphatic rings. The van der Waals surface area contributed by atoms with Crippen LogP contribution in [0.25, 0.3) is 6.08 Å². The maximum absolute atomic E-state index is 12.5. The minimum Gasteiger partial charge on any atom is -0.495 e. The third-order valence-corrected chi connectivity index (χ3v) is 8.22. The van der Waals surface area contributed by atoms with Crippen LogP contribution < -0.4 is 34.0 Å². The lowest BCUT2D eigenvalue weighted by atomic mass is 10.1. The van der Waals surface area contributed by atoms with Gasteiger partial charge in [0.1, 0.15) is 30.5 Å². The number of fused-ring (bicyclic) bond motifs is 1. The maximum Gasteiger partial charge on any atom is 0.232 e. The molecule has 1 fully saturated rings. The van der Waals surface area contributed by atoms with Gasteiger partial charge in [0.05, 0.1) is 30.8 Å². The standard InChI is InChI=1S/C28H34N6O6S/c1-5-18-17-29-28(31-22-16-19(6-8-23(22)38-3)34-12-10-20(35)11-13-34)32-27(18)30-21-7-9-24-26(40-15-14-39-24)25(21)33(2)41(4,36)37/h5-9,16-17,20,35H,1,10-15H2,2-4H3,(H2,29,30,31,32). The van der Waals surface area contributed by atoms with Gasteiger partial charge >= 0.3 is 0 Å². The van der Waals surface area contributed by atoms with E-state index in [1.807, 2.05) is 18.2 Å². The van der Waals surface area contributed by atoms with Crippen LogP contribution in [-0.2, 0) is 10.0 Å². The molecule has 2 aromatic carbocycles. The van der Waals surface area contributed by atoms with Crippen LogP contribution in [0.15, 0.2) is 43.1 Å². The van der Waals surface area contributed by atoms with Gasteiger partial charge in [-0.25, -0.2) is 13.4 Å². The molecule has 0 atom stereocenters. The molecule has 0 radical (unpaired) electrons. The zero-order valence-corrected chi connectivity index (χ0v) is 24.1. The minimum absolute atomic E-state index is 0.267. The fourth-order valence-corrected chi connectivity index (χ4v) is 5.26. The van der Waals surface area contributed by atoms with Crippen LogP contribution in [0.4, 0.5) is 34.5 Å². The van der Waals surface area contributed by atoms with E-state index < -0.39 is 10.0 Å². The largest absolute Gasteiger partial charge is 0.495 e. The lowest BCUT2D eigenvalue weighted by Gasteiger charge is -2.32. The van der Waals surface area contributed by atoms with Gasteiger partial charge in [0.25, 0.3) is 0 Å². The Morgan fingerprint density at radius 3 is 2.61 bits per heavy atom. The summed E-state index contributed by atoms with van der Waals surface area (Å²) in [5.74, 6) is 2.08. The monoisotopic (exact) mass is 582 g/mol. The Morgan fingerprint density at radius 2 is 1.90 bits per heavy atom. The van der Waals surface area contributed by atoms with Crippen LogP contribution >= 0.6 is 0 Å². The average molecular weight is 583 g/mol. The zero-order valence-electron chi connectivity index (χ0n) is 23.3. The van der Waals surface area contributed by atoms with Crippen LogP contribution in [-0.4, -0.2) is 76.3 Å². The quantitative estimate of drug-likeness (QED) is 0.340. The molecule has 0 spiro atoms. The SMILES string of the molecule is C=Cc1cnc(Nc2cc(N3CCC(O)CC3)ccc2OC)nc1Nc1ccc2c(c1N(C)S(C)(=O)=O)OCCO2. The van der Waals surface area contributed by atoms with Crippen molar-refractivity contribution in [2.24, 2.45) is 0 Å². The number of ether oxygens (including phenoxy) is 3. The molecule has 3 aromatic rings. The Morgan fingerprint density at radius 1 is 1.15 bits per heavy atom. The number of methoxy groups -OCH3 is 1. The van der Waals surface area contributed by atoms with E-state index in [4.69, 9.17) is 14.2 Å². The van der Waals surface area contributed by atoms with Gasteiger partial charge in [-0.1, -0.05) is 12.7 Å². The molecule has 0 unspecified atom stereocenters. The number of aromatic nitrogens is 2. The highest BCUT2D eigenvalue weighted by molar-refractivity contribution is 7.92. The molecular formula is C28H34N6O6S. The normalized spacial score (nSPS) is 15.3. The smallest absolute Gasteiger partial charge is 0.232 e. The van der Waals surface area contributed by atoms with Gasteiger partial charge in [-0.15, -0.1) is 0 Å². The molecule has 2 aliphatic heterocycles. The first-order chi connectivity index (χ1) is 19.7. The van der Waals surface area contributed by atoms with Crippen molar-refractivity contribution >= 4 is 50.6 Å². The summed E-state index contributed by atoms with van der Waals surface area (Å²) in [6.07, 6.45) is 5.51. The summed E-state index contributed by atoms with van der Waals surface area (Å²) in [4.78, 5) is 11.4. The van der Waals surface area contributed by atoms with E-state index in [0.717, 1.165) is 29.3 Å². The van der Waals surface area contributed by atoms with Gasteiger partial charge in [0.2, 0.25) is 16.0 Å². The van der Waals surface area contributed by atoms with Crippen LogP contribution in [0.3, 0.4) is 0 Å². The summed E-state index contributed by atoms with van der Waals surface area (Å²) >= 11 is 0. The number of hydrogen-bond donors (Lipinski definition) is 3. The highest BCUT2D eigenvalue weighted by Gasteiger charge is 2.27. The van der Waals surface area contributed by atoms with Gasteiger partial charge in [-0.2, -0.15) is 4.98 Å². The van der Waals surface area contributed by atoms with E-state index in [-0.39, 0.29) is 12.1 Å². The molecule has 1 saturated heterocycles. The zero-order chi connectivity index (χ0) is 29.1. The van der Waals surface area contributed by atoms with Crippen molar-refractivity contribution < 1.29 is 27.7 Å². The predicted octanol–water partition coefficient (Wildman–Crippen LogP) is 3.74. The molecule has 0 bridgehead atoms. The lowest BCUT2D eigenvalue weighted by Crippen LogP contribution is -2.35. The molecule has 41 heavy (non-hydrogen) atoms. The van der Waals surface area contributed by atoms with Crippen LogP contribution in [0, 0.1) is 0 Å². The summed E-state index contributed by atoms with van der Waals surface area (Å²) in [7, 11) is -0.585. The fourth-order valence-electron chi connectivity index (χ4n) is 4.74. The summed E-state index contributed by atoms with van der Waals surface area (Å²) in [6, 6.07) is 9.27. The number of aliphatic hydroxyl groups excluding tert-OH is 1. The molecule has 13 heteroatoms. The molecule has 3 heterocycles.